The number of benzene rings is 1. The van der Waals surface area contributed by atoms with Crippen LogP contribution >= 0.6 is 27.7 Å². The number of methoxy groups -OCH3 is 1. The number of nitrogens with zero attached hydrogens (tertiary/aromatic N) is 1. The molecule has 0 fully saturated rings. The van der Waals surface area contributed by atoms with Crippen molar-refractivity contribution in [3.8, 4) is 0 Å². The van der Waals surface area contributed by atoms with Gasteiger partial charge in [-0.15, -0.1) is 11.8 Å². The second-order valence-corrected chi connectivity index (χ2v) is 6.02. The maximum atomic E-state index is 5.20. The van der Waals surface area contributed by atoms with Crippen molar-refractivity contribution in [1.82, 2.24) is 0 Å². The molecule has 1 aliphatic rings. The number of rotatable bonds is 3. The van der Waals surface area contributed by atoms with E-state index in [1.54, 1.807) is 18.9 Å². The van der Waals surface area contributed by atoms with Crippen molar-refractivity contribution in [1.29, 1.82) is 0 Å². The molecule has 2 rings (SSSR count). The Kier molecular flexibility index (Phi) is 3.72. The normalized spacial score (nSPS) is 24.6. The third kappa shape index (κ3) is 2.67. The number of aliphatic imine (C=N–C) groups is 1. The molecule has 1 aromatic rings. The van der Waals surface area contributed by atoms with Crippen molar-refractivity contribution in [2.75, 3.05) is 19.5 Å². The molecule has 0 saturated carbocycles. The molecule has 86 valence electrons. The summed E-state index contributed by atoms with van der Waals surface area (Å²) < 4.78 is 6.30. The smallest absolute Gasteiger partial charge is 0.0985 e. The standard InChI is InChI=1S/C12H14BrNOS/c1-12(7-15-2)8-16-11(14-12)9-3-5-10(13)6-4-9/h3-6H,7-8H2,1-2H3. The highest BCUT2D eigenvalue weighted by Gasteiger charge is 2.30. The Morgan fingerprint density at radius 2 is 2.12 bits per heavy atom. The summed E-state index contributed by atoms with van der Waals surface area (Å²) in [6.07, 6.45) is 0. The van der Waals surface area contributed by atoms with Crippen LogP contribution in [0.5, 0.6) is 0 Å². The number of ether oxygens (including phenoxy) is 1. The minimum absolute atomic E-state index is 0.0676. The van der Waals surface area contributed by atoms with Crippen LogP contribution in [0.25, 0.3) is 0 Å². The molecule has 0 bridgehead atoms. The monoisotopic (exact) mass is 299 g/mol. The van der Waals surface area contributed by atoms with E-state index in [-0.39, 0.29) is 5.54 Å². The van der Waals surface area contributed by atoms with Crippen LogP contribution in [0.4, 0.5) is 0 Å². The molecule has 0 aliphatic carbocycles. The van der Waals surface area contributed by atoms with Crippen LogP contribution in [0.3, 0.4) is 0 Å². The van der Waals surface area contributed by atoms with Crippen molar-refractivity contribution < 1.29 is 4.74 Å². The van der Waals surface area contributed by atoms with Gasteiger partial charge < -0.3 is 4.74 Å². The molecule has 16 heavy (non-hydrogen) atoms. The molecule has 1 aromatic carbocycles. The van der Waals surface area contributed by atoms with Crippen molar-refractivity contribution in [2.24, 2.45) is 4.99 Å². The van der Waals surface area contributed by atoms with Crippen molar-refractivity contribution in [2.45, 2.75) is 12.5 Å². The Hall–Kier alpha value is -0.320. The summed E-state index contributed by atoms with van der Waals surface area (Å²) in [6, 6.07) is 8.28. The Bertz CT molecular complexity index is 404. The molecule has 0 N–H and O–H groups in total. The van der Waals surface area contributed by atoms with Crippen LogP contribution < -0.4 is 0 Å². The lowest BCUT2D eigenvalue weighted by Gasteiger charge is -2.17. The second-order valence-electron chi connectivity index (χ2n) is 4.14. The predicted molar refractivity (Wildman–Crippen MR) is 73.4 cm³/mol. The molecule has 0 radical (unpaired) electrons. The maximum Gasteiger partial charge on any atom is 0.0985 e. The van der Waals surface area contributed by atoms with Gasteiger partial charge in [-0.05, 0) is 19.1 Å². The van der Waals surface area contributed by atoms with E-state index >= 15 is 0 Å². The molecule has 1 aliphatic heterocycles. The molecule has 0 aromatic heterocycles. The quantitative estimate of drug-likeness (QED) is 0.854. The van der Waals surface area contributed by atoms with Gasteiger partial charge in [0.05, 0.1) is 17.2 Å². The first-order chi connectivity index (χ1) is 7.63. The summed E-state index contributed by atoms with van der Waals surface area (Å²) in [5.74, 6) is 0.992. The number of hydrogen-bond acceptors (Lipinski definition) is 3. The molecular weight excluding hydrogens is 286 g/mol. The van der Waals surface area contributed by atoms with Gasteiger partial charge in [0.15, 0.2) is 0 Å². The molecule has 2 nitrogen and oxygen atoms in total. The van der Waals surface area contributed by atoms with Crippen LogP contribution in [0, 0.1) is 0 Å². The molecule has 0 spiro atoms. The van der Waals surface area contributed by atoms with E-state index in [1.165, 1.54) is 5.56 Å². The fraction of sp³-hybridized carbons (Fsp3) is 0.417. The number of halogens is 1. The van der Waals surface area contributed by atoms with Crippen molar-refractivity contribution >= 4 is 32.7 Å². The van der Waals surface area contributed by atoms with E-state index in [4.69, 9.17) is 9.73 Å². The van der Waals surface area contributed by atoms with Gasteiger partial charge >= 0.3 is 0 Å². The molecule has 1 heterocycles. The highest BCUT2D eigenvalue weighted by molar-refractivity contribution is 9.10. The Morgan fingerprint density at radius 1 is 1.44 bits per heavy atom. The van der Waals surface area contributed by atoms with Crippen LogP contribution in [-0.4, -0.2) is 30.1 Å². The summed E-state index contributed by atoms with van der Waals surface area (Å²) in [4.78, 5) is 4.75. The third-order valence-electron chi connectivity index (χ3n) is 2.44. The predicted octanol–water partition coefficient (Wildman–Crippen LogP) is 3.35. The molecule has 4 heteroatoms. The topological polar surface area (TPSA) is 21.6 Å². The highest BCUT2D eigenvalue weighted by Crippen LogP contribution is 2.31. The fourth-order valence-electron chi connectivity index (χ4n) is 1.66. The van der Waals surface area contributed by atoms with Crippen molar-refractivity contribution in [3.63, 3.8) is 0 Å². The number of hydrogen-bond donors (Lipinski definition) is 0. The fourth-order valence-corrected chi connectivity index (χ4v) is 3.11. The van der Waals surface area contributed by atoms with E-state index in [2.05, 4.69) is 35.0 Å². The lowest BCUT2D eigenvalue weighted by Crippen LogP contribution is -2.28. The van der Waals surface area contributed by atoms with E-state index < -0.39 is 0 Å². The van der Waals surface area contributed by atoms with Crippen LogP contribution in [0.15, 0.2) is 33.7 Å². The molecule has 0 amide bonds. The first-order valence-corrected chi connectivity index (χ1v) is 6.88. The van der Waals surface area contributed by atoms with Gasteiger partial charge in [0.1, 0.15) is 0 Å². The summed E-state index contributed by atoms with van der Waals surface area (Å²) >= 11 is 5.24. The summed E-state index contributed by atoms with van der Waals surface area (Å²) in [5.41, 5.74) is 1.12. The molecular formula is C12H14BrNOS. The summed E-state index contributed by atoms with van der Waals surface area (Å²) in [6.45, 7) is 2.81. The minimum Gasteiger partial charge on any atom is -0.382 e. The van der Waals surface area contributed by atoms with Crippen LogP contribution in [0.1, 0.15) is 12.5 Å². The number of thioether (sulfide) groups is 1. The first kappa shape index (κ1) is 12.1. The SMILES string of the molecule is COCC1(C)CSC(c2ccc(Br)cc2)=N1. The summed E-state index contributed by atoms with van der Waals surface area (Å²) in [5, 5.41) is 1.12. The largest absolute Gasteiger partial charge is 0.382 e. The zero-order chi connectivity index (χ0) is 11.6. The van der Waals surface area contributed by atoms with E-state index in [0.717, 1.165) is 15.3 Å². The molecule has 1 unspecified atom stereocenters. The van der Waals surface area contributed by atoms with Gasteiger partial charge in [-0.1, -0.05) is 28.1 Å². The summed E-state index contributed by atoms with van der Waals surface area (Å²) in [7, 11) is 1.73. The van der Waals surface area contributed by atoms with E-state index in [0.29, 0.717) is 6.61 Å². The van der Waals surface area contributed by atoms with Crippen LogP contribution in [0.2, 0.25) is 0 Å². The Morgan fingerprint density at radius 3 is 2.75 bits per heavy atom. The average molecular weight is 300 g/mol. The Balaban J connectivity index is 2.20. The van der Waals surface area contributed by atoms with E-state index in [9.17, 15) is 0 Å². The first-order valence-electron chi connectivity index (χ1n) is 5.10. The van der Waals surface area contributed by atoms with Crippen LogP contribution in [-0.2, 0) is 4.74 Å². The third-order valence-corrected chi connectivity index (χ3v) is 4.33. The lowest BCUT2D eigenvalue weighted by atomic mass is 10.1. The van der Waals surface area contributed by atoms with Gasteiger partial charge in [-0.2, -0.15) is 0 Å². The van der Waals surface area contributed by atoms with Gasteiger partial charge in [0, 0.05) is 22.9 Å². The zero-order valence-electron chi connectivity index (χ0n) is 9.37. The molecule has 0 saturated heterocycles. The second kappa shape index (κ2) is 4.90. The minimum atomic E-state index is -0.0676. The van der Waals surface area contributed by atoms with Gasteiger partial charge in [-0.3, -0.25) is 4.99 Å². The highest BCUT2D eigenvalue weighted by atomic mass is 79.9. The Labute approximate surface area is 109 Å². The lowest BCUT2D eigenvalue weighted by molar-refractivity contribution is 0.153. The van der Waals surface area contributed by atoms with Gasteiger partial charge in [-0.25, -0.2) is 0 Å². The van der Waals surface area contributed by atoms with Crippen molar-refractivity contribution in [3.05, 3.63) is 34.3 Å². The van der Waals surface area contributed by atoms with Gasteiger partial charge in [0.2, 0.25) is 0 Å². The zero-order valence-corrected chi connectivity index (χ0v) is 11.8. The van der Waals surface area contributed by atoms with Gasteiger partial charge in [0.25, 0.3) is 0 Å². The maximum absolute atomic E-state index is 5.20. The average Bonchev–Trinajstić information content (AvgIpc) is 2.62. The molecule has 1 atom stereocenters. The van der Waals surface area contributed by atoms with E-state index in [1.807, 2.05) is 12.1 Å².